The monoisotopic (exact) mass is 192 g/mol. The third kappa shape index (κ3) is 5.11. The van der Waals surface area contributed by atoms with Gasteiger partial charge in [0.2, 0.25) is 0 Å². The van der Waals surface area contributed by atoms with Crippen LogP contribution in [0.1, 0.15) is 13.8 Å². The average molecular weight is 192 g/mol. The van der Waals surface area contributed by atoms with Gasteiger partial charge in [-0.1, -0.05) is 18.7 Å². The number of hydrogen-bond acceptors (Lipinski definition) is 1. The Kier molecular flexibility index (Phi) is 4.31. The molecule has 0 aromatic heterocycles. The Morgan fingerprint density at radius 1 is 1.38 bits per heavy atom. The topological polar surface area (TPSA) is 9.23 Å². The molecule has 0 aromatic carbocycles. The maximum atomic E-state index is 11.8. The van der Waals surface area contributed by atoms with Crippen LogP contribution in [0.5, 0.6) is 0 Å². The Morgan fingerprint density at radius 2 is 1.92 bits per heavy atom. The Balaban J connectivity index is 4.69. The molecule has 0 bridgehead atoms. The Hall–Kier alpha value is -1.19. The van der Waals surface area contributed by atoms with Gasteiger partial charge in [0.1, 0.15) is 5.76 Å². The maximum Gasteiger partial charge on any atom is 0.573 e. The zero-order chi connectivity index (χ0) is 10.5. The van der Waals surface area contributed by atoms with Crippen LogP contribution in [-0.2, 0) is 4.74 Å². The van der Waals surface area contributed by atoms with Crippen molar-refractivity contribution in [1.29, 1.82) is 0 Å². The average Bonchev–Trinajstić information content (AvgIpc) is 1.99. The van der Waals surface area contributed by atoms with E-state index in [1.165, 1.54) is 13.0 Å². The van der Waals surface area contributed by atoms with Crippen LogP contribution < -0.4 is 0 Å². The highest BCUT2D eigenvalue weighted by atomic mass is 19.4. The first-order valence-corrected chi connectivity index (χ1v) is 3.62. The van der Waals surface area contributed by atoms with Crippen LogP contribution in [0.4, 0.5) is 13.2 Å². The van der Waals surface area contributed by atoms with Crippen LogP contribution in [0.15, 0.2) is 36.1 Å². The number of halogens is 3. The fourth-order valence-electron chi connectivity index (χ4n) is 0.740. The lowest BCUT2D eigenvalue weighted by Crippen LogP contribution is -2.12. The summed E-state index contributed by atoms with van der Waals surface area (Å²) in [5.41, 5.74) is 0.384. The van der Waals surface area contributed by atoms with E-state index in [0.717, 1.165) is 6.08 Å². The molecule has 4 heteroatoms. The highest BCUT2D eigenvalue weighted by Gasteiger charge is 2.31. The summed E-state index contributed by atoms with van der Waals surface area (Å²) < 4.78 is 39.0. The molecule has 0 atom stereocenters. The first kappa shape index (κ1) is 11.8. The van der Waals surface area contributed by atoms with Crippen molar-refractivity contribution in [2.45, 2.75) is 20.2 Å². The molecule has 1 nitrogen and oxygen atoms in total. The van der Waals surface area contributed by atoms with Crippen LogP contribution in [-0.4, -0.2) is 6.36 Å². The summed E-state index contributed by atoms with van der Waals surface area (Å²) in [6.45, 7) is 6.45. The first-order chi connectivity index (χ1) is 5.90. The van der Waals surface area contributed by atoms with Crippen LogP contribution in [0, 0.1) is 0 Å². The second-order valence-corrected chi connectivity index (χ2v) is 2.30. The predicted octanol–water partition coefficient (Wildman–Crippen LogP) is 3.56. The molecule has 0 aliphatic heterocycles. The van der Waals surface area contributed by atoms with Crippen molar-refractivity contribution >= 4 is 0 Å². The lowest BCUT2D eigenvalue weighted by Gasteiger charge is -2.10. The van der Waals surface area contributed by atoms with E-state index < -0.39 is 6.36 Å². The number of allylic oxidation sites excluding steroid dienone is 4. The molecule has 0 spiro atoms. The Bertz CT molecular complexity index is 236. The summed E-state index contributed by atoms with van der Waals surface area (Å²) in [4.78, 5) is 0. The molecule has 0 aliphatic rings. The molecule has 0 heterocycles. The van der Waals surface area contributed by atoms with Gasteiger partial charge in [0.25, 0.3) is 0 Å². The standard InChI is InChI=1S/C9H11F3O/c1-4-6-7(3)8(5-2)13-9(10,11)12/h4-6H,2H2,1,3H3/b6-4-,8-7+. The number of hydrogen-bond donors (Lipinski definition) is 0. The van der Waals surface area contributed by atoms with E-state index >= 15 is 0 Å². The van der Waals surface area contributed by atoms with Gasteiger partial charge in [0, 0.05) is 0 Å². The molecule has 0 fully saturated rings. The normalized spacial score (nSPS) is 14.2. The fourth-order valence-corrected chi connectivity index (χ4v) is 0.740. The van der Waals surface area contributed by atoms with Crippen molar-refractivity contribution in [3.05, 3.63) is 36.1 Å². The SMILES string of the molecule is C=C/C(OC(F)(F)F)=C(C)\C=C/C. The minimum absolute atomic E-state index is 0.273. The molecule has 0 unspecified atom stereocenters. The maximum absolute atomic E-state index is 11.8. The molecule has 0 amide bonds. The molecule has 0 aromatic rings. The lowest BCUT2D eigenvalue weighted by molar-refractivity contribution is -0.303. The van der Waals surface area contributed by atoms with Gasteiger partial charge in [-0.05, 0) is 25.5 Å². The molecular formula is C9H11F3O. The Labute approximate surface area is 75.2 Å². The molecule has 0 radical (unpaired) electrons. The summed E-state index contributed by atoms with van der Waals surface area (Å²) in [5, 5.41) is 0. The van der Waals surface area contributed by atoms with Gasteiger partial charge >= 0.3 is 6.36 Å². The fraction of sp³-hybridized carbons (Fsp3) is 0.333. The van der Waals surface area contributed by atoms with Gasteiger partial charge in [0.15, 0.2) is 0 Å². The predicted molar refractivity (Wildman–Crippen MR) is 44.9 cm³/mol. The van der Waals surface area contributed by atoms with Crippen LogP contribution >= 0.6 is 0 Å². The quantitative estimate of drug-likeness (QED) is 0.490. The first-order valence-electron chi connectivity index (χ1n) is 3.62. The lowest BCUT2D eigenvalue weighted by atomic mass is 10.2. The zero-order valence-electron chi connectivity index (χ0n) is 7.48. The minimum Gasteiger partial charge on any atom is -0.406 e. The van der Waals surface area contributed by atoms with Crippen molar-refractivity contribution in [2.75, 3.05) is 0 Å². The van der Waals surface area contributed by atoms with Crippen LogP contribution in [0.3, 0.4) is 0 Å². The summed E-state index contributed by atoms with van der Waals surface area (Å²) in [5.74, 6) is -0.273. The summed E-state index contributed by atoms with van der Waals surface area (Å²) in [6.07, 6.45) is -0.490. The van der Waals surface area contributed by atoms with Crippen molar-refractivity contribution in [2.24, 2.45) is 0 Å². The van der Waals surface area contributed by atoms with Gasteiger partial charge in [-0.25, -0.2) is 0 Å². The molecule has 13 heavy (non-hydrogen) atoms. The minimum atomic E-state index is -4.66. The van der Waals surface area contributed by atoms with E-state index in [9.17, 15) is 13.2 Å². The van der Waals surface area contributed by atoms with Crippen molar-refractivity contribution in [3.63, 3.8) is 0 Å². The van der Waals surface area contributed by atoms with Crippen LogP contribution in [0.25, 0.3) is 0 Å². The molecule has 0 N–H and O–H groups in total. The van der Waals surface area contributed by atoms with Gasteiger partial charge < -0.3 is 4.74 Å². The molecule has 0 saturated carbocycles. The largest absolute Gasteiger partial charge is 0.573 e. The van der Waals surface area contributed by atoms with E-state index in [1.807, 2.05) is 0 Å². The third-order valence-electron chi connectivity index (χ3n) is 1.22. The van der Waals surface area contributed by atoms with Crippen molar-refractivity contribution in [1.82, 2.24) is 0 Å². The van der Waals surface area contributed by atoms with Gasteiger partial charge in [-0.3, -0.25) is 0 Å². The smallest absolute Gasteiger partial charge is 0.406 e. The Morgan fingerprint density at radius 3 is 2.23 bits per heavy atom. The number of ether oxygens (including phenoxy) is 1. The number of rotatable bonds is 3. The van der Waals surface area contributed by atoms with E-state index in [2.05, 4.69) is 11.3 Å². The van der Waals surface area contributed by atoms with Gasteiger partial charge in [0.05, 0.1) is 0 Å². The molecule has 0 saturated heterocycles. The van der Waals surface area contributed by atoms with E-state index in [1.54, 1.807) is 13.0 Å². The summed E-state index contributed by atoms with van der Waals surface area (Å²) >= 11 is 0. The molecular weight excluding hydrogens is 181 g/mol. The van der Waals surface area contributed by atoms with E-state index in [0.29, 0.717) is 5.57 Å². The molecule has 74 valence electrons. The third-order valence-corrected chi connectivity index (χ3v) is 1.22. The van der Waals surface area contributed by atoms with Crippen molar-refractivity contribution in [3.8, 4) is 0 Å². The van der Waals surface area contributed by atoms with Crippen molar-refractivity contribution < 1.29 is 17.9 Å². The van der Waals surface area contributed by atoms with E-state index in [-0.39, 0.29) is 5.76 Å². The highest BCUT2D eigenvalue weighted by molar-refractivity contribution is 5.26. The van der Waals surface area contributed by atoms with Gasteiger partial charge in [-0.15, -0.1) is 13.2 Å². The second-order valence-electron chi connectivity index (χ2n) is 2.30. The zero-order valence-corrected chi connectivity index (χ0v) is 7.48. The molecule has 0 rings (SSSR count). The summed E-state index contributed by atoms with van der Waals surface area (Å²) in [7, 11) is 0. The van der Waals surface area contributed by atoms with E-state index in [4.69, 9.17) is 0 Å². The number of alkyl halides is 3. The van der Waals surface area contributed by atoms with Gasteiger partial charge in [-0.2, -0.15) is 0 Å². The molecule has 0 aliphatic carbocycles. The second kappa shape index (κ2) is 4.74. The van der Waals surface area contributed by atoms with Crippen LogP contribution in [0.2, 0.25) is 0 Å². The summed E-state index contributed by atoms with van der Waals surface area (Å²) in [6, 6.07) is 0. The highest BCUT2D eigenvalue weighted by Crippen LogP contribution is 2.23.